The van der Waals surface area contributed by atoms with Gasteiger partial charge in [-0.25, -0.2) is 4.98 Å². The summed E-state index contributed by atoms with van der Waals surface area (Å²) < 4.78 is 4.39. The zero-order valence-corrected chi connectivity index (χ0v) is 10.8. The van der Waals surface area contributed by atoms with E-state index in [1.54, 1.807) is 0 Å². The first-order chi connectivity index (χ1) is 7.74. The monoisotopic (exact) mass is 240 g/mol. The standard InChI is InChI=1S/C11H20N4S/c1-3-4-10-13-11(16-14-10)15-7-9(6-12)5-8(15)2/h8-9H,3-7,12H2,1-2H3. The number of rotatable bonds is 4. The molecule has 0 spiro atoms. The first-order valence-corrected chi connectivity index (χ1v) is 6.81. The van der Waals surface area contributed by atoms with Crippen molar-refractivity contribution in [3.63, 3.8) is 0 Å². The van der Waals surface area contributed by atoms with Gasteiger partial charge in [-0.3, -0.25) is 0 Å². The van der Waals surface area contributed by atoms with Gasteiger partial charge in [-0.05, 0) is 32.2 Å². The molecule has 1 saturated heterocycles. The van der Waals surface area contributed by atoms with Crippen LogP contribution in [0.5, 0.6) is 0 Å². The summed E-state index contributed by atoms with van der Waals surface area (Å²) in [5.74, 6) is 1.61. The Morgan fingerprint density at radius 3 is 3.00 bits per heavy atom. The molecule has 5 heteroatoms. The molecule has 16 heavy (non-hydrogen) atoms. The Hall–Kier alpha value is -0.680. The van der Waals surface area contributed by atoms with Crippen molar-refractivity contribution in [1.29, 1.82) is 0 Å². The van der Waals surface area contributed by atoms with Crippen LogP contribution in [0.3, 0.4) is 0 Å². The lowest BCUT2D eigenvalue weighted by Gasteiger charge is -2.19. The van der Waals surface area contributed by atoms with Crippen LogP contribution >= 0.6 is 11.5 Å². The van der Waals surface area contributed by atoms with Crippen molar-refractivity contribution in [1.82, 2.24) is 9.36 Å². The molecule has 1 aliphatic heterocycles. The minimum Gasteiger partial charge on any atom is -0.344 e. The van der Waals surface area contributed by atoms with E-state index in [9.17, 15) is 0 Å². The molecular weight excluding hydrogens is 220 g/mol. The Kier molecular flexibility index (Phi) is 3.76. The summed E-state index contributed by atoms with van der Waals surface area (Å²) in [5.41, 5.74) is 5.73. The smallest absolute Gasteiger partial charge is 0.205 e. The van der Waals surface area contributed by atoms with Crippen LogP contribution in [0, 0.1) is 5.92 Å². The maximum Gasteiger partial charge on any atom is 0.205 e. The molecule has 1 aromatic heterocycles. The third kappa shape index (κ3) is 2.35. The summed E-state index contributed by atoms with van der Waals surface area (Å²) in [5, 5.41) is 1.08. The van der Waals surface area contributed by atoms with Gasteiger partial charge < -0.3 is 10.6 Å². The third-order valence-corrected chi connectivity index (χ3v) is 3.96. The number of anilines is 1. The van der Waals surface area contributed by atoms with Crippen LogP contribution in [0.25, 0.3) is 0 Å². The predicted octanol–water partition coefficient (Wildman–Crippen LogP) is 1.66. The van der Waals surface area contributed by atoms with Crippen LogP contribution < -0.4 is 10.6 Å². The van der Waals surface area contributed by atoms with Crippen LogP contribution in [-0.2, 0) is 6.42 Å². The number of nitrogens with zero attached hydrogens (tertiary/aromatic N) is 3. The average Bonchev–Trinajstić information content (AvgIpc) is 2.85. The molecule has 1 fully saturated rings. The summed E-state index contributed by atoms with van der Waals surface area (Å²) in [4.78, 5) is 6.95. The van der Waals surface area contributed by atoms with Gasteiger partial charge in [0.15, 0.2) is 0 Å². The predicted molar refractivity (Wildman–Crippen MR) is 67.9 cm³/mol. The fourth-order valence-electron chi connectivity index (χ4n) is 2.27. The van der Waals surface area contributed by atoms with Gasteiger partial charge >= 0.3 is 0 Å². The van der Waals surface area contributed by atoms with Gasteiger partial charge in [-0.1, -0.05) is 6.92 Å². The summed E-state index contributed by atoms with van der Waals surface area (Å²) in [7, 11) is 0. The van der Waals surface area contributed by atoms with E-state index in [2.05, 4.69) is 28.1 Å². The first-order valence-electron chi connectivity index (χ1n) is 6.03. The SMILES string of the molecule is CCCc1nsc(N2CC(CN)CC2C)n1. The van der Waals surface area contributed by atoms with Crippen molar-refractivity contribution in [2.75, 3.05) is 18.0 Å². The molecule has 0 saturated carbocycles. The van der Waals surface area contributed by atoms with E-state index in [0.717, 1.165) is 36.9 Å². The lowest BCUT2D eigenvalue weighted by molar-refractivity contribution is 0.579. The second kappa shape index (κ2) is 5.10. The van der Waals surface area contributed by atoms with Crippen molar-refractivity contribution >= 4 is 16.7 Å². The summed E-state index contributed by atoms with van der Waals surface area (Å²) in [6, 6.07) is 0.552. The van der Waals surface area contributed by atoms with Crippen molar-refractivity contribution in [2.24, 2.45) is 11.7 Å². The van der Waals surface area contributed by atoms with Gasteiger partial charge in [0.2, 0.25) is 5.13 Å². The zero-order valence-electron chi connectivity index (χ0n) is 10.0. The normalized spacial score (nSPS) is 25.3. The van der Waals surface area contributed by atoms with E-state index in [0.29, 0.717) is 12.0 Å². The van der Waals surface area contributed by atoms with Crippen molar-refractivity contribution < 1.29 is 0 Å². The number of hydrogen-bond acceptors (Lipinski definition) is 5. The van der Waals surface area contributed by atoms with Crippen molar-refractivity contribution in [3.8, 4) is 0 Å². The lowest BCUT2D eigenvalue weighted by atomic mass is 10.1. The Bertz CT molecular complexity index is 338. The molecule has 0 aromatic carbocycles. The third-order valence-electron chi connectivity index (χ3n) is 3.17. The molecule has 2 rings (SSSR count). The second-order valence-corrected chi connectivity index (χ2v) is 5.31. The van der Waals surface area contributed by atoms with E-state index in [-0.39, 0.29) is 0 Å². The van der Waals surface area contributed by atoms with Gasteiger partial charge in [0.1, 0.15) is 5.82 Å². The topological polar surface area (TPSA) is 55.0 Å². The van der Waals surface area contributed by atoms with Crippen LogP contribution in [-0.4, -0.2) is 28.5 Å². The first kappa shape index (κ1) is 11.8. The van der Waals surface area contributed by atoms with Crippen LogP contribution in [0.1, 0.15) is 32.5 Å². The molecule has 0 bridgehead atoms. The van der Waals surface area contributed by atoms with Gasteiger partial charge in [-0.2, -0.15) is 4.37 Å². The highest BCUT2D eigenvalue weighted by Crippen LogP contribution is 2.29. The highest BCUT2D eigenvalue weighted by Gasteiger charge is 2.30. The molecule has 0 aliphatic carbocycles. The fraction of sp³-hybridized carbons (Fsp3) is 0.818. The van der Waals surface area contributed by atoms with Crippen LogP contribution in [0.4, 0.5) is 5.13 Å². The Labute approximate surface area is 101 Å². The van der Waals surface area contributed by atoms with Crippen LogP contribution in [0.15, 0.2) is 0 Å². The number of nitrogens with two attached hydrogens (primary N) is 1. The number of hydrogen-bond donors (Lipinski definition) is 1. The lowest BCUT2D eigenvalue weighted by Crippen LogP contribution is -2.27. The zero-order chi connectivity index (χ0) is 11.5. The van der Waals surface area contributed by atoms with Gasteiger partial charge in [-0.15, -0.1) is 0 Å². The highest BCUT2D eigenvalue weighted by molar-refractivity contribution is 7.09. The fourth-order valence-corrected chi connectivity index (χ4v) is 3.09. The number of aromatic nitrogens is 2. The summed E-state index contributed by atoms with van der Waals surface area (Å²) in [6.45, 7) is 6.22. The maximum atomic E-state index is 5.73. The van der Waals surface area contributed by atoms with Gasteiger partial charge in [0, 0.05) is 30.5 Å². The molecule has 0 radical (unpaired) electrons. The minimum atomic E-state index is 0.552. The van der Waals surface area contributed by atoms with E-state index in [4.69, 9.17) is 5.73 Å². The van der Waals surface area contributed by atoms with E-state index in [1.807, 2.05) is 0 Å². The molecule has 2 heterocycles. The Morgan fingerprint density at radius 1 is 1.56 bits per heavy atom. The Balaban J connectivity index is 2.05. The molecule has 90 valence electrons. The molecular formula is C11H20N4S. The molecule has 0 amide bonds. The van der Waals surface area contributed by atoms with E-state index in [1.165, 1.54) is 18.0 Å². The largest absolute Gasteiger partial charge is 0.344 e. The maximum absolute atomic E-state index is 5.73. The van der Waals surface area contributed by atoms with E-state index >= 15 is 0 Å². The summed E-state index contributed by atoms with van der Waals surface area (Å²) in [6.07, 6.45) is 3.27. The number of aryl methyl sites for hydroxylation is 1. The average molecular weight is 240 g/mol. The molecule has 1 aromatic rings. The second-order valence-electron chi connectivity index (χ2n) is 4.58. The molecule has 1 aliphatic rings. The van der Waals surface area contributed by atoms with Gasteiger partial charge in [0.25, 0.3) is 0 Å². The van der Waals surface area contributed by atoms with Crippen molar-refractivity contribution in [3.05, 3.63) is 5.82 Å². The quantitative estimate of drug-likeness (QED) is 0.869. The Morgan fingerprint density at radius 2 is 2.38 bits per heavy atom. The molecule has 4 nitrogen and oxygen atoms in total. The molecule has 2 unspecified atom stereocenters. The molecule has 2 N–H and O–H groups in total. The van der Waals surface area contributed by atoms with E-state index < -0.39 is 0 Å². The highest BCUT2D eigenvalue weighted by atomic mass is 32.1. The van der Waals surface area contributed by atoms with Crippen LogP contribution in [0.2, 0.25) is 0 Å². The van der Waals surface area contributed by atoms with Gasteiger partial charge in [0.05, 0.1) is 0 Å². The van der Waals surface area contributed by atoms with Crippen molar-refractivity contribution in [2.45, 2.75) is 39.2 Å². The minimum absolute atomic E-state index is 0.552. The summed E-state index contributed by atoms with van der Waals surface area (Å²) >= 11 is 1.53. The molecule has 2 atom stereocenters.